The molecule has 2 atom stereocenters. The Morgan fingerprint density at radius 3 is 2.42 bits per heavy atom. The van der Waals surface area contributed by atoms with Gasteiger partial charge in [0.05, 0.1) is 26.9 Å². The number of halogens is 3. The van der Waals surface area contributed by atoms with Crippen molar-refractivity contribution in [3.05, 3.63) is 104 Å². The van der Waals surface area contributed by atoms with Crippen molar-refractivity contribution >= 4 is 46.5 Å². The molecule has 1 heterocycles. The van der Waals surface area contributed by atoms with Gasteiger partial charge in [-0.25, -0.2) is 4.79 Å². The van der Waals surface area contributed by atoms with E-state index in [-0.39, 0.29) is 40.9 Å². The molecule has 0 bridgehead atoms. The third kappa shape index (κ3) is 5.13. The van der Waals surface area contributed by atoms with Crippen molar-refractivity contribution in [2.45, 2.75) is 37.5 Å². The topological polar surface area (TPSA) is 104 Å². The van der Waals surface area contributed by atoms with Gasteiger partial charge in [0.2, 0.25) is 0 Å². The van der Waals surface area contributed by atoms with Crippen LogP contribution in [-0.4, -0.2) is 33.5 Å². The number of aliphatic hydroxyl groups is 1. The van der Waals surface area contributed by atoms with Gasteiger partial charge in [-0.05, 0) is 66.6 Å². The number of rotatable bonds is 9. The summed E-state index contributed by atoms with van der Waals surface area (Å²) in [5.41, 5.74) is 2.42. The lowest BCUT2D eigenvalue weighted by atomic mass is 9.92. The molecule has 38 heavy (non-hydrogen) atoms. The summed E-state index contributed by atoms with van der Waals surface area (Å²) in [5, 5.41) is 30.1. The fourth-order valence-electron chi connectivity index (χ4n) is 4.88. The number of hydrogen-bond acceptors (Lipinski definition) is 5. The number of allylic oxidation sites excluding steroid dienone is 1. The minimum atomic E-state index is -1.01. The molecule has 2 aromatic carbocycles. The van der Waals surface area contributed by atoms with Gasteiger partial charge in [0.15, 0.2) is 0 Å². The summed E-state index contributed by atoms with van der Waals surface area (Å²) in [5.74, 6) is -0.286. The molecule has 0 amide bonds. The van der Waals surface area contributed by atoms with Crippen molar-refractivity contribution in [1.82, 2.24) is 4.98 Å². The molecule has 9 heteroatoms. The fraction of sp³-hybridized carbons (Fsp3) is 0.276. The van der Waals surface area contributed by atoms with Gasteiger partial charge in [-0.3, -0.25) is 10.4 Å². The largest absolute Gasteiger partial charge is 0.512 e. The molecule has 0 aliphatic heterocycles. The third-order valence-electron chi connectivity index (χ3n) is 7.37. The first-order valence-electron chi connectivity index (χ1n) is 12.2. The van der Waals surface area contributed by atoms with E-state index in [2.05, 4.69) is 11.9 Å². The van der Waals surface area contributed by atoms with E-state index < -0.39 is 5.97 Å². The van der Waals surface area contributed by atoms with Gasteiger partial charge >= 0.3 is 5.97 Å². The summed E-state index contributed by atoms with van der Waals surface area (Å²) in [4.78, 5) is 15.4. The zero-order chi connectivity index (χ0) is 27.2. The van der Waals surface area contributed by atoms with Gasteiger partial charge in [-0.15, -0.1) is 0 Å². The number of aromatic carboxylic acids is 1. The average Bonchev–Trinajstić information content (AvgIpc) is 3.80. The lowest BCUT2D eigenvalue weighted by Gasteiger charge is -2.18. The SMILES string of the molecule is CC1(c2ccc(OC/C(C(=N)c3c(Cl)cccc3Cl)=C(/O)C3CC3)cc2Cl)CC1c1cncc(C(=O)O)c1. The molecule has 196 valence electrons. The molecule has 2 unspecified atom stereocenters. The highest BCUT2D eigenvalue weighted by Crippen LogP contribution is 2.61. The Morgan fingerprint density at radius 2 is 1.79 bits per heavy atom. The van der Waals surface area contributed by atoms with Gasteiger partial charge in [-0.1, -0.05) is 53.9 Å². The Balaban J connectivity index is 1.35. The van der Waals surface area contributed by atoms with Crippen molar-refractivity contribution in [2.75, 3.05) is 6.61 Å². The normalized spacial score (nSPS) is 21.0. The van der Waals surface area contributed by atoms with Crippen LogP contribution in [-0.2, 0) is 5.41 Å². The van der Waals surface area contributed by atoms with Crippen LogP contribution >= 0.6 is 34.8 Å². The zero-order valence-corrected chi connectivity index (χ0v) is 22.7. The van der Waals surface area contributed by atoms with Crippen LogP contribution in [0.1, 0.15) is 59.2 Å². The molecule has 2 aliphatic rings. The molecule has 5 rings (SSSR count). The van der Waals surface area contributed by atoms with E-state index in [0.29, 0.717) is 32.0 Å². The van der Waals surface area contributed by atoms with Gasteiger partial charge in [0.1, 0.15) is 18.1 Å². The third-order valence-corrected chi connectivity index (χ3v) is 8.32. The lowest BCUT2D eigenvalue weighted by molar-refractivity contribution is 0.0696. The number of hydrogen-bond donors (Lipinski definition) is 3. The molecular weight excluding hydrogens is 547 g/mol. The van der Waals surface area contributed by atoms with E-state index in [1.165, 1.54) is 6.20 Å². The Morgan fingerprint density at radius 1 is 1.08 bits per heavy atom. The van der Waals surface area contributed by atoms with Crippen molar-refractivity contribution in [3.63, 3.8) is 0 Å². The van der Waals surface area contributed by atoms with Crippen molar-refractivity contribution in [2.24, 2.45) is 5.92 Å². The van der Waals surface area contributed by atoms with E-state index in [0.717, 1.165) is 30.4 Å². The quantitative estimate of drug-likeness (QED) is 0.179. The summed E-state index contributed by atoms with van der Waals surface area (Å²) in [6, 6.07) is 12.1. The van der Waals surface area contributed by atoms with Crippen molar-refractivity contribution in [1.29, 1.82) is 5.41 Å². The van der Waals surface area contributed by atoms with Crippen LogP contribution in [0.5, 0.6) is 5.75 Å². The maximum atomic E-state index is 11.3. The number of carboxylic acids is 1. The Kier molecular flexibility index (Phi) is 7.16. The minimum Gasteiger partial charge on any atom is -0.512 e. The number of aromatic nitrogens is 1. The van der Waals surface area contributed by atoms with E-state index in [9.17, 15) is 15.0 Å². The lowest BCUT2D eigenvalue weighted by Crippen LogP contribution is -2.16. The van der Waals surface area contributed by atoms with Crippen LogP contribution in [0, 0.1) is 11.3 Å². The minimum absolute atomic E-state index is 0.00189. The number of nitrogens with zero attached hydrogens (tertiary/aromatic N) is 1. The van der Waals surface area contributed by atoms with Crippen LogP contribution in [0.3, 0.4) is 0 Å². The first kappa shape index (κ1) is 26.5. The summed E-state index contributed by atoms with van der Waals surface area (Å²) in [7, 11) is 0. The molecule has 3 N–H and O–H groups in total. The highest BCUT2D eigenvalue weighted by atomic mass is 35.5. The molecule has 0 spiro atoms. The molecule has 0 radical (unpaired) electrons. The van der Waals surface area contributed by atoms with E-state index in [1.807, 2.05) is 12.1 Å². The predicted molar refractivity (Wildman–Crippen MR) is 149 cm³/mol. The van der Waals surface area contributed by atoms with Gasteiger partial charge < -0.3 is 14.9 Å². The number of carbonyl (C=O) groups is 1. The molecule has 1 aromatic heterocycles. The second-order valence-corrected chi connectivity index (χ2v) is 11.2. The molecule has 6 nitrogen and oxygen atoms in total. The van der Waals surface area contributed by atoms with Crippen LogP contribution in [0.15, 0.2) is 66.2 Å². The first-order valence-corrected chi connectivity index (χ1v) is 13.3. The number of carboxylic acid groups (broad SMARTS) is 1. The fourth-order valence-corrected chi connectivity index (χ4v) is 5.86. The molecule has 2 fully saturated rings. The molecule has 3 aromatic rings. The van der Waals surface area contributed by atoms with E-state index in [4.69, 9.17) is 44.9 Å². The van der Waals surface area contributed by atoms with Crippen LogP contribution < -0.4 is 4.74 Å². The van der Waals surface area contributed by atoms with Crippen molar-refractivity contribution in [3.8, 4) is 5.75 Å². The predicted octanol–water partition coefficient (Wildman–Crippen LogP) is 7.85. The van der Waals surface area contributed by atoms with E-state index >= 15 is 0 Å². The maximum Gasteiger partial charge on any atom is 0.337 e. The van der Waals surface area contributed by atoms with Gasteiger partial charge in [-0.2, -0.15) is 0 Å². The monoisotopic (exact) mass is 570 g/mol. The second-order valence-electron chi connectivity index (χ2n) is 10.0. The van der Waals surface area contributed by atoms with Gasteiger partial charge in [0.25, 0.3) is 0 Å². The number of aliphatic hydroxyl groups excluding tert-OH is 1. The van der Waals surface area contributed by atoms with Crippen LogP contribution in [0.2, 0.25) is 15.1 Å². The van der Waals surface area contributed by atoms with Crippen LogP contribution in [0.4, 0.5) is 0 Å². The van der Waals surface area contributed by atoms with Crippen molar-refractivity contribution < 1.29 is 19.7 Å². The number of ether oxygens (including phenoxy) is 1. The van der Waals surface area contributed by atoms with Gasteiger partial charge in [0, 0.05) is 34.3 Å². The number of nitrogens with one attached hydrogen (secondary N) is 1. The average molecular weight is 572 g/mol. The standard InChI is InChI=1S/C29H25Cl3N2O4/c1-29(11-21(29)16-9-17(28(36)37)13-34-12-16)20-8-7-18(10-24(20)32)38-14-19(27(35)15-5-6-15)26(33)25-22(30)3-2-4-23(25)31/h2-4,7-10,12-13,15,21,33,35H,5-6,11,14H2,1H3,(H,36,37)/b27-19-,33-26?. The second kappa shape index (κ2) is 10.3. The number of benzene rings is 2. The summed E-state index contributed by atoms with van der Waals surface area (Å²) >= 11 is 19.4. The zero-order valence-electron chi connectivity index (χ0n) is 20.5. The van der Waals surface area contributed by atoms with Crippen LogP contribution in [0.25, 0.3) is 0 Å². The maximum absolute atomic E-state index is 11.3. The summed E-state index contributed by atoms with van der Waals surface area (Å²) in [6.45, 7) is 2.04. The first-order chi connectivity index (χ1) is 18.1. The van der Waals surface area contributed by atoms with E-state index in [1.54, 1.807) is 36.5 Å². The number of pyridine rings is 1. The molecule has 2 aliphatic carbocycles. The summed E-state index contributed by atoms with van der Waals surface area (Å²) < 4.78 is 6.01. The Hall–Kier alpha value is -3.06. The molecule has 0 saturated heterocycles. The highest BCUT2D eigenvalue weighted by molar-refractivity contribution is 6.41. The Labute approximate surface area is 235 Å². The summed E-state index contributed by atoms with van der Waals surface area (Å²) in [6.07, 6.45) is 5.56. The molecule has 2 saturated carbocycles. The smallest absolute Gasteiger partial charge is 0.337 e. The molecular formula is C29H25Cl3N2O4. The highest BCUT2D eigenvalue weighted by Gasteiger charge is 2.53. The Bertz CT molecular complexity index is 1460.